The number of nitrogens with one attached hydrogen (secondary N) is 2. The summed E-state index contributed by atoms with van der Waals surface area (Å²) in [5.41, 5.74) is 3.17. The van der Waals surface area contributed by atoms with Crippen LogP contribution in [-0.2, 0) is 4.79 Å². The highest BCUT2D eigenvalue weighted by atomic mass is 16.2. The molecule has 1 aliphatic carbocycles. The van der Waals surface area contributed by atoms with Crippen LogP contribution in [0.1, 0.15) is 43.0 Å². The second kappa shape index (κ2) is 8.05. The van der Waals surface area contributed by atoms with E-state index >= 15 is 0 Å². The Morgan fingerprint density at radius 3 is 2.29 bits per heavy atom. The predicted octanol–water partition coefficient (Wildman–Crippen LogP) is 4.52. The van der Waals surface area contributed by atoms with Crippen LogP contribution in [0.2, 0.25) is 0 Å². The van der Waals surface area contributed by atoms with E-state index in [-0.39, 0.29) is 17.7 Å². The Hall–Kier alpha value is -2.82. The van der Waals surface area contributed by atoms with Crippen molar-refractivity contribution in [1.82, 2.24) is 0 Å². The van der Waals surface area contributed by atoms with Gasteiger partial charge in [0.1, 0.15) is 0 Å². The van der Waals surface area contributed by atoms with Crippen molar-refractivity contribution in [3.05, 3.63) is 54.1 Å². The standard InChI is InChI=1S/C23H27N3O2/c1-16-11-13-26(14-12-16)21-9-7-19(8-10-21)24-23(28)18-3-2-4-20(15-18)25-22(27)17-5-6-17/h2-4,7-10,15-17H,5-6,11-14H2,1H3,(H,24,28)(H,25,27). The summed E-state index contributed by atoms with van der Waals surface area (Å²) in [5, 5.41) is 5.83. The Morgan fingerprint density at radius 1 is 0.893 bits per heavy atom. The van der Waals surface area contributed by atoms with Crippen LogP contribution in [0.4, 0.5) is 17.1 Å². The Kier molecular flexibility index (Phi) is 5.33. The lowest BCUT2D eigenvalue weighted by Gasteiger charge is -2.32. The van der Waals surface area contributed by atoms with Gasteiger partial charge in [0.25, 0.3) is 5.91 Å². The van der Waals surface area contributed by atoms with Crippen molar-refractivity contribution < 1.29 is 9.59 Å². The third kappa shape index (κ3) is 4.53. The number of nitrogens with zero attached hydrogens (tertiary/aromatic N) is 1. The molecule has 0 aromatic heterocycles. The average Bonchev–Trinajstić information content (AvgIpc) is 3.55. The van der Waals surface area contributed by atoms with E-state index in [1.165, 1.54) is 18.5 Å². The zero-order valence-corrected chi connectivity index (χ0v) is 16.3. The van der Waals surface area contributed by atoms with Crippen LogP contribution in [-0.4, -0.2) is 24.9 Å². The van der Waals surface area contributed by atoms with E-state index in [2.05, 4.69) is 34.6 Å². The minimum atomic E-state index is -0.179. The number of rotatable bonds is 5. The molecule has 1 heterocycles. The van der Waals surface area contributed by atoms with Gasteiger partial charge in [-0.15, -0.1) is 0 Å². The van der Waals surface area contributed by atoms with Gasteiger partial charge in [0.2, 0.25) is 5.91 Å². The number of carbonyl (C=O) groups is 2. The normalized spacial score (nSPS) is 17.2. The molecule has 2 fully saturated rings. The third-order valence-corrected chi connectivity index (χ3v) is 5.61. The largest absolute Gasteiger partial charge is 0.372 e. The SMILES string of the molecule is CC1CCN(c2ccc(NC(=O)c3cccc(NC(=O)C4CC4)c3)cc2)CC1. The first-order valence-corrected chi connectivity index (χ1v) is 10.2. The molecule has 0 spiro atoms. The topological polar surface area (TPSA) is 61.4 Å². The fraction of sp³-hybridized carbons (Fsp3) is 0.391. The number of amides is 2. The molecule has 28 heavy (non-hydrogen) atoms. The third-order valence-electron chi connectivity index (χ3n) is 5.61. The molecule has 1 aliphatic heterocycles. The molecule has 5 heteroatoms. The zero-order valence-electron chi connectivity index (χ0n) is 16.3. The van der Waals surface area contributed by atoms with Crippen LogP contribution in [0.15, 0.2) is 48.5 Å². The van der Waals surface area contributed by atoms with Crippen molar-refractivity contribution >= 4 is 28.9 Å². The van der Waals surface area contributed by atoms with Crippen molar-refractivity contribution in [2.75, 3.05) is 28.6 Å². The smallest absolute Gasteiger partial charge is 0.255 e. The Labute approximate surface area is 166 Å². The highest BCUT2D eigenvalue weighted by Gasteiger charge is 2.29. The Morgan fingerprint density at radius 2 is 1.61 bits per heavy atom. The van der Waals surface area contributed by atoms with Gasteiger partial charge < -0.3 is 15.5 Å². The van der Waals surface area contributed by atoms with Crippen molar-refractivity contribution in [1.29, 1.82) is 0 Å². The van der Waals surface area contributed by atoms with E-state index in [1.807, 2.05) is 18.2 Å². The number of hydrogen-bond donors (Lipinski definition) is 2. The predicted molar refractivity (Wildman–Crippen MR) is 113 cm³/mol. The molecule has 5 nitrogen and oxygen atoms in total. The van der Waals surface area contributed by atoms with Crippen molar-refractivity contribution in [2.24, 2.45) is 11.8 Å². The quantitative estimate of drug-likeness (QED) is 0.805. The minimum absolute atomic E-state index is 0.0419. The average molecular weight is 377 g/mol. The fourth-order valence-electron chi connectivity index (χ4n) is 3.55. The lowest BCUT2D eigenvalue weighted by atomic mass is 9.99. The van der Waals surface area contributed by atoms with Crippen LogP contribution < -0.4 is 15.5 Å². The molecular formula is C23H27N3O2. The van der Waals surface area contributed by atoms with Gasteiger partial charge in [-0.05, 0) is 74.1 Å². The van der Waals surface area contributed by atoms with Crippen molar-refractivity contribution in [3.8, 4) is 0 Å². The molecule has 1 saturated carbocycles. The number of hydrogen-bond acceptors (Lipinski definition) is 3. The summed E-state index contributed by atoms with van der Waals surface area (Å²) < 4.78 is 0. The van der Waals surface area contributed by atoms with Crippen LogP contribution >= 0.6 is 0 Å². The summed E-state index contributed by atoms with van der Waals surface area (Å²) in [6, 6.07) is 15.1. The lowest BCUT2D eigenvalue weighted by molar-refractivity contribution is -0.117. The Bertz CT molecular complexity index is 850. The molecule has 1 saturated heterocycles. The summed E-state index contributed by atoms with van der Waals surface area (Å²) in [5.74, 6) is 0.807. The molecule has 4 rings (SSSR count). The van der Waals surface area contributed by atoms with Gasteiger partial charge in [-0.2, -0.15) is 0 Å². The second-order valence-corrected chi connectivity index (χ2v) is 8.01. The van der Waals surface area contributed by atoms with E-state index < -0.39 is 0 Å². The van der Waals surface area contributed by atoms with Crippen LogP contribution in [0.3, 0.4) is 0 Å². The summed E-state index contributed by atoms with van der Waals surface area (Å²) in [6.45, 7) is 4.49. The molecule has 0 atom stereocenters. The van der Waals surface area contributed by atoms with Crippen LogP contribution in [0.25, 0.3) is 0 Å². The molecule has 2 amide bonds. The number of anilines is 3. The van der Waals surface area contributed by atoms with Gasteiger partial charge in [-0.1, -0.05) is 13.0 Å². The lowest BCUT2D eigenvalue weighted by Crippen LogP contribution is -2.32. The molecule has 0 radical (unpaired) electrons. The first kappa shape index (κ1) is 18.5. The summed E-state index contributed by atoms with van der Waals surface area (Å²) >= 11 is 0. The first-order chi connectivity index (χ1) is 13.6. The maximum absolute atomic E-state index is 12.6. The first-order valence-electron chi connectivity index (χ1n) is 10.2. The second-order valence-electron chi connectivity index (χ2n) is 8.01. The summed E-state index contributed by atoms with van der Waals surface area (Å²) in [7, 11) is 0. The van der Waals surface area contributed by atoms with E-state index in [0.717, 1.165) is 37.5 Å². The van der Waals surface area contributed by atoms with Gasteiger partial charge >= 0.3 is 0 Å². The molecule has 2 aliphatic rings. The summed E-state index contributed by atoms with van der Waals surface area (Å²) in [6.07, 6.45) is 4.37. The van der Waals surface area contributed by atoms with Crippen molar-refractivity contribution in [2.45, 2.75) is 32.6 Å². The van der Waals surface area contributed by atoms with E-state index in [0.29, 0.717) is 11.3 Å². The zero-order chi connectivity index (χ0) is 19.5. The monoisotopic (exact) mass is 377 g/mol. The fourth-order valence-corrected chi connectivity index (χ4v) is 3.55. The molecule has 2 N–H and O–H groups in total. The van der Waals surface area contributed by atoms with E-state index in [1.54, 1.807) is 18.2 Å². The minimum Gasteiger partial charge on any atom is -0.372 e. The van der Waals surface area contributed by atoms with Gasteiger partial charge in [-0.3, -0.25) is 9.59 Å². The van der Waals surface area contributed by atoms with Gasteiger partial charge in [0.15, 0.2) is 0 Å². The van der Waals surface area contributed by atoms with E-state index in [4.69, 9.17) is 0 Å². The highest BCUT2D eigenvalue weighted by Crippen LogP contribution is 2.30. The number of carbonyl (C=O) groups excluding carboxylic acids is 2. The molecule has 0 unspecified atom stereocenters. The summed E-state index contributed by atoms with van der Waals surface area (Å²) in [4.78, 5) is 26.9. The van der Waals surface area contributed by atoms with E-state index in [9.17, 15) is 9.59 Å². The maximum Gasteiger partial charge on any atom is 0.255 e. The van der Waals surface area contributed by atoms with Gasteiger partial charge in [-0.25, -0.2) is 0 Å². The number of benzene rings is 2. The molecule has 146 valence electrons. The maximum atomic E-state index is 12.6. The van der Waals surface area contributed by atoms with Crippen LogP contribution in [0.5, 0.6) is 0 Å². The molecular weight excluding hydrogens is 350 g/mol. The van der Waals surface area contributed by atoms with Gasteiger partial charge in [0, 0.05) is 41.6 Å². The molecule has 0 bridgehead atoms. The highest BCUT2D eigenvalue weighted by molar-refractivity contribution is 6.05. The van der Waals surface area contributed by atoms with Gasteiger partial charge in [0.05, 0.1) is 0 Å². The molecule has 2 aromatic carbocycles. The van der Waals surface area contributed by atoms with Crippen molar-refractivity contribution in [3.63, 3.8) is 0 Å². The molecule has 2 aromatic rings. The van der Waals surface area contributed by atoms with Crippen LogP contribution in [0, 0.1) is 11.8 Å². The number of piperidine rings is 1. The Balaban J connectivity index is 1.37.